The number of amides is 2. The van der Waals surface area contributed by atoms with Crippen molar-refractivity contribution in [2.45, 2.75) is 38.3 Å². The number of fused-ring (bicyclic) bond motifs is 1. The summed E-state index contributed by atoms with van der Waals surface area (Å²) in [5.74, 6) is -0.00225. The zero-order valence-electron chi connectivity index (χ0n) is 20.0. The molecule has 2 aromatic carbocycles. The van der Waals surface area contributed by atoms with Gasteiger partial charge in [0, 0.05) is 43.3 Å². The fraction of sp³-hybridized carbons (Fsp3) is 0.370. The van der Waals surface area contributed by atoms with Crippen molar-refractivity contribution < 1.29 is 14.7 Å². The number of aliphatic hydroxyl groups excluding tert-OH is 1. The summed E-state index contributed by atoms with van der Waals surface area (Å²) in [5, 5.41) is 16.0. The van der Waals surface area contributed by atoms with Crippen molar-refractivity contribution in [3.8, 4) is 11.3 Å². The number of aliphatic hydroxyl groups is 1. The van der Waals surface area contributed by atoms with Crippen molar-refractivity contribution in [1.82, 2.24) is 14.8 Å². The molecule has 1 fully saturated rings. The number of nitrogens with zero attached hydrogens (tertiary/aromatic N) is 3. The van der Waals surface area contributed by atoms with E-state index < -0.39 is 0 Å². The van der Waals surface area contributed by atoms with E-state index in [4.69, 9.17) is 0 Å². The second-order valence-electron chi connectivity index (χ2n) is 9.49. The van der Waals surface area contributed by atoms with Crippen LogP contribution in [0.25, 0.3) is 11.3 Å². The predicted octanol–water partition coefficient (Wildman–Crippen LogP) is 3.42. The maximum Gasteiger partial charge on any atom is 0.228 e. The van der Waals surface area contributed by atoms with E-state index in [2.05, 4.69) is 38.8 Å². The van der Waals surface area contributed by atoms with Crippen LogP contribution in [-0.2, 0) is 22.4 Å². The van der Waals surface area contributed by atoms with Crippen LogP contribution in [0.4, 0.5) is 5.69 Å². The number of carbonyl (C=O) groups is 2. The van der Waals surface area contributed by atoms with E-state index in [0.29, 0.717) is 19.5 Å². The van der Waals surface area contributed by atoms with Gasteiger partial charge in [-0.2, -0.15) is 0 Å². The van der Waals surface area contributed by atoms with E-state index in [1.807, 2.05) is 43.1 Å². The number of aryl methyl sites for hydroxylation is 1. The lowest BCUT2D eigenvalue weighted by molar-refractivity contribution is -0.131. The molecule has 0 spiro atoms. The van der Waals surface area contributed by atoms with Gasteiger partial charge in [-0.15, -0.1) is 11.3 Å². The lowest BCUT2D eigenvalue weighted by atomic mass is 10.00. The van der Waals surface area contributed by atoms with Gasteiger partial charge in [0.2, 0.25) is 11.8 Å². The normalized spacial score (nSPS) is 18.4. The minimum absolute atomic E-state index is 0.00826. The van der Waals surface area contributed by atoms with Gasteiger partial charge in [0.25, 0.3) is 0 Å². The number of aromatic nitrogens is 1. The molecule has 2 amide bonds. The molecule has 35 heavy (non-hydrogen) atoms. The van der Waals surface area contributed by atoms with Crippen LogP contribution in [0.15, 0.2) is 47.8 Å². The molecule has 2 aliphatic rings. The summed E-state index contributed by atoms with van der Waals surface area (Å²) in [6, 6.07) is 13.9. The van der Waals surface area contributed by atoms with Gasteiger partial charge in [-0.05, 0) is 42.2 Å². The first-order valence-corrected chi connectivity index (χ1v) is 12.8. The van der Waals surface area contributed by atoms with Gasteiger partial charge in [-0.25, -0.2) is 4.98 Å². The topological polar surface area (TPSA) is 85.8 Å². The molecule has 0 radical (unpaired) electrons. The first-order chi connectivity index (χ1) is 16.9. The van der Waals surface area contributed by atoms with Gasteiger partial charge in [0.1, 0.15) is 0 Å². The highest BCUT2D eigenvalue weighted by Crippen LogP contribution is 2.30. The molecular formula is C27H30N4O3S. The number of rotatable bonds is 7. The monoisotopic (exact) mass is 490 g/mol. The van der Waals surface area contributed by atoms with Crippen LogP contribution >= 0.6 is 11.3 Å². The number of likely N-dealkylation sites (tertiary alicyclic amines) is 1. The predicted molar refractivity (Wildman–Crippen MR) is 137 cm³/mol. The van der Waals surface area contributed by atoms with Crippen molar-refractivity contribution in [2.24, 2.45) is 0 Å². The molecule has 0 saturated carbocycles. The minimum Gasteiger partial charge on any atom is -0.392 e. The third-order valence-electron chi connectivity index (χ3n) is 6.88. The molecule has 1 aromatic heterocycles. The Morgan fingerprint density at radius 2 is 2.17 bits per heavy atom. The Kier molecular flexibility index (Phi) is 6.69. The highest BCUT2D eigenvalue weighted by Gasteiger charge is 2.29. The number of nitrogens with one attached hydrogen (secondary N) is 1. The third-order valence-corrected chi connectivity index (χ3v) is 7.65. The fourth-order valence-electron chi connectivity index (χ4n) is 4.92. The summed E-state index contributed by atoms with van der Waals surface area (Å²) in [5.41, 5.74) is 5.68. The summed E-state index contributed by atoms with van der Waals surface area (Å²) in [6.07, 6.45) is 1.08. The van der Waals surface area contributed by atoms with E-state index in [1.54, 1.807) is 11.3 Å². The molecule has 3 aromatic rings. The number of benzene rings is 2. The highest BCUT2D eigenvalue weighted by atomic mass is 32.1. The maximum absolute atomic E-state index is 13.4. The van der Waals surface area contributed by atoms with Crippen LogP contribution in [-0.4, -0.2) is 64.5 Å². The molecule has 7 nitrogen and oxygen atoms in total. The summed E-state index contributed by atoms with van der Waals surface area (Å²) in [7, 11) is 1.86. The van der Waals surface area contributed by atoms with Gasteiger partial charge < -0.3 is 15.3 Å². The summed E-state index contributed by atoms with van der Waals surface area (Å²) in [4.78, 5) is 33.8. The number of anilines is 1. The molecule has 0 bridgehead atoms. The third kappa shape index (κ3) is 5.29. The van der Waals surface area contributed by atoms with Crippen LogP contribution in [0.5, 0.6) is 0 Å². The lowest BCUT2D eigenvalue weighted by Crippen LogP contribution is -2.39. The summed E-state index contributed by atoms with van der Waals surface area (Å²) >= 11 is 1.62. The highest BCUT2D eigenvalue weighted by molar-refractivity contribution is 7.09. The number of β-amino-alcohol motifs (C(OH)–C–C–N with tert-alkyl or cyclic N) is 1. The van der Waals surface area contributed by atoms with E-state index in [0.717, 1.165) is 51.6 Å². The largest absolute Gasteiger partial charge is 0.392 e. The molecule has 1 saturated heterocycles. The Balaban J connectivity index is 1.39. The molecule has 0 aliphatic carbocycles. The SMILES string of the molecule is Cc1nc(-c2cccc(C(CN3CC[C@H](O)C3)N(C)C(=O)Cc3ccc4c(c3)NC(=O)C4)c2)cs1. The van der Waals surface area contributed by atoms with Crippen LogP contribution in [0.1, 0.15) is 34.2 Å². The van der Waals surface area contributed by atoms with E-state index in [-0.39, 0.29) is 30.4 Å². The zero-order chi connectivity index (χ0) is 24.5. The minimum atomic E-state index is -0.317. The zero-order valence-corrected chi connectivity index (χ0v) is 20.8. The van der Waals surface area contributed by atoms with Gasteiger partial charge in [0.05, 0.1) is 35.7 Å². The van der Waals surface area contributed by atoms with Crippen molar-refractivity contribution in [3.63, 3.8) is 0 Å². The van der Waals surface area contributed by atoms with Gasteiger partial charge in [0.15, 0.2) is 0 Å². The van der Waals surface area contributed by atoms with Gasteiger partial charge in [-0.3, -0.25) is 14.5 Å². The van der Waals surface area contributed by atoms with Crippen molar-refractivity contribution >= 4 is 28.8 Å². The molecule has 8 heteroatoms. The molecule has 3 heterocycles. The summed E-state index contributed by atoms with van der Waals surface area (Å²) < 4.78 is 0. The molecule has 2 aliphatic heterocycles. The standard InChI is InChI=1S/C27H30N4O3S/c1-17-28-24(16-35-17)19-4-3-5-21(12-19)25(15-31-9-8-22(32)14-31)30(2)27(34)11-18-6-7-20-13-26(33)29-23(20)10-18/h3-7,10,12,16,22,25,32H,8-9,11,13-15H2,1-2H3,(H,29,33)/t22-,25?/m0/s1. The number of likely N-dealkylation sites (N-methyl/N-ethyl adjacent to an activating group) is 1. The molecule has 1 unspecified atom stereocenters. The van der Waals surface area contributed by atoms with E-state index in [9.17, 15) is 14.7 Å². The van der Waals surface area contributed by atoms with Crippen molar-refractivity contribution in [3.05, 3.63) is 69.5 Å². The van der Waals surface area contributed by atoms with Crippen molar-refractivity contribution in [1.29, 1.82) is 0 Å². The van der Waals surface area contributed by atoms with Crippen LogP contribution in [0, 0.1) is 6.92 Å². The summed E-state index contributed by atoms with van der Waals surface area (Å²) in [6.45, 7) is 4.08. The number of hydrogen-bond acceptors (Lipinski definition) is 6. The smallest absolute Gasteiger partial charge is 0.228 e. The van der Waals surface area contributed by atoms with Crippen LogP contribution in [0.2, 0.25) is 0 Å². The Labute approximate surface area is 209 Å². The van der Waals surface area contributed by atoms with Gasteiger partial charge in [-0.1, -0.05) is 30.3 Å². The number of hydrogen-bond donors (Lipinski definition) is 2. The Hall–Kier alpha value is -3.07. The Morgan fingerprint density at radius 1 is 1.31 bits per heavy atom. The van der Waals surface area contributed by atoms with Crippen LogP contribution in [0.3, 0.4) is 0 Å². The van der Waals surface area contributed by atoms with E-state index in [1.165, 1.54) is 0 Å². The molecule has 2 atom stereocenters. The van der Waals surface area contributed by atoms with Crippen LogP contribution < -0.4 is 5.32 Å². The Bertz CT molecular complexity index is 1260. The fourth-order valence-corrected chi connectivity index (χ4v) is 5.54. The first-order valence-electron chi connectivity index (χ1n) is 12.0. The Morgan fingerprint density at radius 3 is 2.91 bits per heavy atom. The molecule has 2 N–H and O–H groups in total. The van der Waals surface area contributed by atoms with Crippen molar-refractivity contribution in [2.75, 3.05) is 32.0 Å². The molecular weight excluding hydrogens is 460 g/mol. The van der Waals surface area contributed by atoms with Gasteiger partial charge >= 0.3 is 0 Å². The lowest BCUT2D eigenvalue weighted by Gasteiger charge is -2.32. The van der Waals surface area contributed by atoms with E-state index >= 15 is 0 Å². The maximum atomic E-state index is 13.4. The number of thiazole rings is 1. The second-order valence-corrected chi connectivity index (χ2v) is 10.6. The first kappa shape index (κ1) is 23.7. The average Bonchev–Trinajstić information content (AvgIpc) is 3.56. The second kappa shape index (κ2) is 9.89. The quantitative estimate of drug-likeness (QED) is 0.530. The molecule has 5 rings (SSSR count). The average molecular weight is 491 g/mol. The number of carbonyl (C=O) groups excluding carboxylic acids is 2. The molecule has 182 valence electrons.